The number of methoxy groups -OCH3 is 2. The molecule has 1 unspecified atom stereocenters. The number of carbonyl (C=O) groups excluding carboxylic acids is 2. The number of nitrogens with one attached hydrogen (secondary N) is 1. The minimum absolute atomic E-state index is 0.114. The van der Waals surface area contributed by atoms with Gasteiger partial charge in [-0.25, -0.2) is 9.78 Å². The molecule has 1 aromatic heterocycles. The van der Waals surface area contributed by atoms with Crippen molar-refractivity contribution in [1.29, 1.82) is 0 Å². The standard InChI is InChI=1S/C23H23N3O4S/c1-4-23(16-8-6-5-7-9-16)21(27)26(22(28)25-23)13-17-14-31-20(24-17)15-10-11-18(29-2)19(12-15)30-3/h5-12,14H,4,13H2,1-3H3,(H,25,28). The lowest BCUT2D eigenvalue weighted by molar-refractivity contribution is -0.132. The van der Waals surface area contributed by atoms with E-state index in [1.807, 2.05) is 60.8 Å². The van der Waals surface area contributed by atoms with Gasteiger partial charge in [-0.3, -0.25) is 9.69 Å². The highest BCUT2D eigenvalue weighted by Crippen LogP contribution is 2.35. The van der Waals surface area contributed by atoms with E-state index in [1.165, 1.54) is 16.2 Å². The van der Waals surface area contributed by atoms with Crippen molar-refractivity contribution in [2.45, 2.75) is 25.4 Å². The van der Waals surface area contributed by atoms with E-state index in [2.05, 4.69) is 10.3 Å². The summed E-state index contributed by atoms with van der Waals surface area (Å²) in [5.74, 6) is 0.993. The first-order chi connectivity index (χ1) is 15.0. The Morgan fingerprint density at radius 2 is 1.81 bits per heavy atom. The summed E-state index contributed by atoms with van der Waals surface area (Å²) in [4.78, 5) is 31.9. The third kappa shape index (κ3) is 3.63. The second kappa shape index (κ2) is 8.39. The first kappa shape index (κ1) is 20.9. The third-order valence-electron chi connectivity index (χ3n) is 5.47. The summed E-state index contributed by atoms with van der Waals surface area (Å²) in [6, 6.07) is 14.5. The van der Waals surface area contributed by atoms with Crippen LogP contribution in [0.2, 0.25) is 0 Å². The average Bonchev–Trinajstić information content (AvgIpc) is 3.38. The number of urea groups is 1. The molecule has 7 nitrogen and oxygen atoms in total. The van der Waals surface area contributed by atoms with E-state index in [0.717, 1.165) is 16.1 Å². The number of hydrogen-bond donors (Lipinski definition) is 1. The van der Waals surface area contributed by atoms with E-state index in [0.29, 0.717) is 23.6 Å². The molecule has 3 amide bonds. The van der Waals surface area contributed by atoms with Crippen LogP contribution in [0.1, 0.15) is 24.6 Å². The van der Waals surface area contributed by atoms with Crippen LogP contribution in [0.5, 0.6) is 11.5 Å². The number of nitrogens with zero attached hydrogens (tertiary/aromatic N) is 2. The second-order valence-electron chi connectivity index (χ2n) is 7.16. The van der Waals surface area contributed by atoms with Gasteiger partial charge < -0.3 is 14.8 Å². The molecular weight excluding hydrogens is 414 g/mol. The summed E-state index contributed by atoms with van der Waals surface area (Å²) >= 11 is 1.45. The fourth-order valence-corrected chi connectivity index (χ4v) is 4.58. The van der Waals surface area contributed by atoms with Crippen LogP contribution in [0.3, 0.4) is 0 Å². The summed E-state index contributed by atoms with van der Waals surface area (Å²) in [7, 11) is 3.17. The molecule has 31 heavy (non-hydrogen) atoms. The molecule has 0 bridgehead atoms. The Hall–Kier alpha value is -3.39. The van der Waals surface area contributed by atoms with Crippen LogP contribution in [-0.2, 0) is 16.9 Å². The van der Waals surface area contributed by atoms with E-state index in [9.17, 15) is 9.59 Å². The molecule has 2 heterocycles. The summed E-state index contributed by atoms with van der Waals surface area (Å²) in [5, 5.41) is 5.54. The van der Waals surface area contributed by atoms with Gasteiger partial charge in [0.15, 0.2) is 11.5 Å². The quantitative estimate of drug-likeness (QED) is 0.561. The number of thiazole rings is 1. The Balaban J connectivity index is 1.58. The van der Waals surface area contributed by atoms with Gasteiger partial charge in [-0.1, -0.05) is 37.3 Å². The van der Waals surface area contributed by atoms with Crippen molar-refractivity contribution in [3.05, 3.63) is 65.2 Å². The van der Waals surface area contributed by atoms with Crippen LogP contribution >= 0.6 is 11.3 Å². The lowest BCUT2D eigenvalue weighted by Crippen LogP contribution is -2.43. The van der Waals surface area contributed by atoms with Gasteiger partial charge in [0.25, 0.3) is 5.91 Å². The van der Waals surface area contributed by atoms with Gasteiger partial charge in [-0.15, -0.1) is 11.3 Å². The topological polar surface area (TPSA) is 80.8 Å². The minimum Gasteiger partial charge on any atom is -0.493 e. The normalized spacial score (nSPS) is 18.2. The zero-order valence-electron chi connectivity index (χ0n) is 17.5. The highest BCUT2D eigenvalue weighted by molar-refractivity contribution is 7.13. The zero-order valence-corrected chi connectivity index (χ0v) is 18.4. The van der Waals surface area contributed by atoms with Gasteiger partial charge in [0, 0.05) is 10.9 Å². The van der Waals surface area contributed by atoms with Crippen molar-refractivity contribution in [1.82, 2.24) is 15.2 Å². The maximum atomic E-state index is 13.3. The largest absolute Gasteiger partial charge is 0.493 e. The SMILES string of the molecule is CCC1(c2ccccc2)NC(=O)N(Cc2csc(-c3ccc(OC)c(OC)c3)n2)C1=O. The Kier molecular flexibility index (Phi) is 5.65. The summed E-state index contributed by atoms with van der Waals surface area (Å²) < 4.78 is 10.6. The molecule has 160 valence electrons. The van der Waals surface area contributed by atoms with Gasteiger partial charge in [0.2, 0.25) is 0 Å². The maximum Gasteiger partial charge on any atom is 0.325 e. The maximum absolute atomic E-state index is 13.3. The fourth-order valence-electron chi connectivity index (χ4n) is 3.78. The fraction of sp³-hybridized carbons (Fsp3) is 0.261. The van der Waals surface area contributed by atoms with E-state index < -0.39 is 11.6 Å². The molecule has 1 saturated heterocycles. The molecule has 1 aliphatic heterocycles. The smallest absolute Gasteiger partial charge is 0.325 e. The van der Waals surface area contributed by atoms with Crippen molar-refractivity contribution in [2.75, 3.05) is 14.2 Å². The number of amides is 3. The zero-order chi connectivity index (χ0) is 22.0. The first-order valence-electron chi connectivity index (χ1n) is 9.89. The van der Waals surface area contributed by atoms with Crippen LogP contribution in [0.4, 0.5) is 4.79 Å². The molecule has 1 aliphatic rings. The highest BCUT2D eigenvalue weighted by atomic mass is 32.1. The molecule has 2 aromatic carbocycles. The van der Waals surface area contributed by atoms with E-state index in [4.69, 9.17) is 9.47 Å². The van der Waals surface area contributed by atoms with Crippen LogP contribution in [-0.4, -0.2) is 36.0 Å². The predicted octanol–water partition coefficient (Wildman–Crippen LogP) is 4.18. The lowest BCUT2D eigenvalue weighted by atomic mass is 9.87. The molecule has 8 heteroatoms. The Labute approximate surface area is 184 Å². The molecule has 0 saturated carbocycles. The summed E-state index contributed by atoms with van der Waals surface area (Å²) in [6.45, 7) is 2.01. The summed E-state index contributed by atoms with van der Waals surface area (Å²) in [5.41, 5.74) is 1.26. The number of carbonyl (C=O) groups is 2. The molecular formula is C23H23N3O4S. The van der Waals surface area contributed by atoms with Gasteiger partial charge in [-0.05, 0) is 30.2 Å². The van der Waals surface area contributed by atoms with E-state index >= 15 is 0 Å². The highest BCUT2D eigenvalue weighted by Gasteiger charge is 2.51. The van der Waals surface area contributed by atoms with E-state index in [-0.39, 0.29) is 12.5 Å². The number of hydrogen-bond acceptors (Lipinski definition) is 6. The van der Waals surface area contributed by atoms with Gasteiger partial charge in [-0.2, -0.15) is 0 Å². The summed E-state index contributed by atoms with van der Waals surface area (Å²) in [6.07, 6.45) is 0.464. The van der Waals surface area contributed by atoms with Crippen molar-refractivity contribution >= 4 is 23.3 Å². The van der Waals surface area contributed by atoms with Crippen molar-refractivity contribution in [2.24, 2.45) is 0 Å². The van der Waals surface area contributed by atoms with E-state index in [1.54, 1.807) is 14.2 Å². The molecule has 1 N–H and O–H groups in total. The number of benzene rings is 2. The van der Waals surface area contributed by atoms with Crippen LogP contribution in [0, 0.1) is 0 Å². The Bertz CT molecular complexity index is 1120. The number of imide groups is 1. The molecule has 0 spiro atoms. The van der Waals surface area contributed by atoms with Crippen molar-refractivity contribution < 1.29 is 19.1 Å². The Morgan fingerprint density at radius 3 is 2.48 bits per heavy atom. The molecule has 0 aliphatic carbocycles. The minimum atomic E-state index is -1.04. The molecule has 4 rings (SSSR count). The lowest BCUT2D eigenvalue weighted by Gasteiger charge is -2.25. The third-order valence-corrected chi connectivity index (χ3v) is 6.42. The second-order valence-corrected chi connectivity index (χ2v) is 8.02. The van der Waals surface area contributed by atoms with Crippen LogP contribution < -0.4 is 14.8 Å². The number of ether oxygens (including phenoxy) is 2. The number of rotatable bonds is 7. The average molecular weight is 438 g/mol. The van der Waals surface area contributed by atoms with Gasteiger partial charge >= 0.3 is 6.03 Å². The predicted molar refractivity (Wildman–Crippen MR) is 118 cm³/mol. The van der Waals surface area contributed by atoms with Crippen molar-refractivity contribution in [3.63, 3.8) is 0 Å². The molecule has 1 atom stereocenters. The van der Waals surface area contributed by atoms with Crippen molar-refractivity contribution in [3.8, 4) is 22.1 Å². The molecule has 0 radical (unpaired) electrons. The molecule has 3 aromatic rings. The number of aromatic nitrogens is 1. The Morgan fingerprint density at radius 1 is 1.06 bits per heavy atom. The van der Waals surface area contributed by atoms with Gasteiger partial charge in [0.1, 0.15) is 10.5 Å². The van der Waals surface area contributed by atoms with Gasteiger partial charge in [0.05, 0.1) is 26.5 Å². The van der Waals surface area contributed by atoms with Crippen LogP contribution in [0.25, 0.3) is 10.6 Å². The molecule has 1 fully saturated rings. The monoisotopic (exact) mass is 437 g/mol. The van der Waals surface area contributed by atoms with Crippen LogP contribution in [0.15, 0.2) is 53.9 Å². The first-order valence-corrected chi connectivity index (χ1v) is 10.8.